The normalized spacial score (nSPS) is 10.2. The van der Waals surface area contributed by atoms with Crippen molar-refractivity contribution < 1.29 is 14.3 Å². The second kappa shape index (κ2) is 7.33. The fourth-order valence-corrected chi connectivity index (χ4v) is 2.92. The summed E-state index contributed by atoms with van der Waals surface area (Å²) >= 11 is 7.57. The first-order chi connectivity index (χ1) is 10.1. The Morgan fingerprint density at radius 3 is 2.71 bits per heavy atom. The predicted molar refractivity (Wildman–Crippen MR) is 85.4 cm³/mol. The molecule has 0 amide bonds. The van der Waals surface area contributed by atoms with E-state index in [1.807, 2.05) is 24.3 Å². The summed E-state index contributed by atoms with van der Waals surface area (Å²) in [6.45, 7) is 0.677. The molecule has 0 aliphatic carbocycles. The van der Waals surface area contributed by atoms with Crippen molar-refractivity contribution >= 4 is 34.6 Å². The Bertz CT molecular complexity index is 627. The molecule has 0 saturated heterocycles. The molecular weight excluding hydrogens is 310 g/mol. The van der Waals surface area contributed by atoms with Gasteiger partial charge in [0.1, 0.15) is 5.75 Å². The maximum Gasteiger partial charge on any atom is 0.310 e. The summed E-state index contributed by atoms with van der Waals surface area (Å²) in [7, 11) is 2.98. The summed E-state index contributed by atoms with van der Waals surface area (Å²) in [5.74, 6) is 0.415. The number of carbonyl (C=O) groups excluding carboxylic acids is 1. The molecule has 21 heavy (non-hydrogen) atoms. The second-order valence-corrected chi connectivity index (χ2v) is 5.98. The zero-order valence-electron chi connectivity index (χ0n) is 11.8. The summed E-state index contributed by atoms with van der Waals surface area (Å²) in [5, 5.41) is 3.88. The van der Waals surface area contributed by atoms with E-state index in [0.29, 0.717) is 23.7 Å². The van der Waals surface area contributed by atoms with Gasteiger partial charge in [-0.15, -0.1) is 11.3 Å². The molecule has 0 saturated carbocycles. The van der Waals surface area contributed by atoms with E-state index < -0.39 is 0 Å². The molecule has 2 aromatic rings. The van der Waals surface area contributed by atoms with Gasteiger partial charge < -0.3 is 14.8 Å². The highest BCUT2D eigenvalue weighted by Crippen LogP contribution is 2.28. The number of hydrogen-bond acceptors (Lipinski definition) is 5. The molecule has 1 N–H and O–H groups in total. The number of rotatable bonds is 6. The molecule has 0 bridgehead atoms. The van der Waals surface area contributed by atoms with Gasteiger partial charge >= 0.3 is 5.97 Å². The van der Waals surface area contributed by atoms with Crippen LogP contribution in [0.4, 0.5) is 5.69 Å². The SMILES string of the molecule is COC(=O)Cc1ccc(CNc2ccc(Cl)c(OC)c2)s1. The summed E-state index contributed by atoms with van der Waals surface area (Å²) < 4.78 is 9.83. The highest BCUT2D eigenvalue weighted by molar-refractivity contribution is 7.12. The van der Waals surface area contributed by atoms with Crippen molar-refractivity contribution in [2.45, 2.75) is 13.0 Å². The van der Waals surface area contributed by atoms with Crippen LogP contribution in [0.3, 0.4) is 0 Å². The van der Waals surface area contributed by atoms with Crippen LogP contribution >= 0.6 is 22.9 Å². The van der Waals surface area contributed by atoms with Crippen LogP contribution in [0, 0.1) is 0 Å². The fourth-order valence-electron chi connectivity index (χ4n) is 1.79. The van der Waals surface area contributed by atoms with Crippen LogP contribution in [-0.4, -0.2) is 20.2 Å². The van der Waals surface area contributed by atoms with E-state index in [9.17, 15) is 4.79 Å². The molecule has 0 aliphatic rings. The van der Waals surface area contributed by atoms with E-state index in [-0.39, 0.29) is 5.97 Å². The molecule has 2 rings (SSSR count). The van der Waals surface area contributed by atoms with Gasteiger partial charge in [0.2, 0.25) is 0 Å². The maximum atomic E-state index is 11.2. The molecule has 0 aliphatic heterocycles. The number of nitrogens with one attached hydrogen (secondary N) is 1. The van der Waals surface area contributed by atoms with Crippen LogP contribution in [0.25, 0.3) is 0 Å². The number of anilines is 1. The average molecular weight is 326 g/mol. The molecule has 1 aromatic carbocycles. The van der Waals surface area contributed by atoms with E-state index >= 15 is 0 Å². The van der Waals surface area contributed by atoms with E-state index in [1.54, 1.807) is 24.5 Å². The van der Waals surface area contributed by atoms with Gasteiger partial charge in [-0.05, 0) is 24.3 Å². The Kier molecular flexibility index (Phi) is 5.47. The Hall–Kier alpha value is -1.72. The summed E-state index contributed by atoms with van der Waals surface area (Å²) in [4.78, 5) is 13.3. The predicted octanol–water partition coefficient (Wildman–Crippen LogP) is 3.74. The molecular formula is C15H16ClNO3S. The first kappa shape index (κ1) is 15.7. The topological polar surface area (TPSA) is 47.6 Å². The van der Waals surface area contributed by atoms with Crippen LogP contribution in [-0.2, 0) is 22.5 Å². The van der Waals surface area contributed by atoms with E-state index in [4.69, 9.17) is 16.3 Å². The van der Waals surface area contributed by atoms with Gasteiger partial charge in [0.25, 0.3) is 0 Å². The molecule has 1 aromatic heterocycles. The smallest absolute Gasteiger partial charge is 0.310 e. The first-order valence-corrected chi connectivity index (χ1v) is 7.53. The van der Waals surface area contributed by atoms with Gasteiger partial charge in [0.15, 0.2) is 0 Å². The van der Waals surface area contributed by atoms with Crippen molar-refractivity contribution in [1.82, 2.24) is 0 Å². The second-order valence-electron chi connectivity index (χ2n) is 4.32. The third-order valence-electron chi connectivity index (χ3n) is 2.88. The lowest BCUT2D eigenvalue weighted by Gasteiger charge is -2.08. The Morgan fingerprint density at radius 1 is 1.24 bits per heavy atom. The fraction of sp³-hybridized carbons (Fsp3) is 0.267. The van der Waals surface area contributed by atoms with Gasteiger partial charge in [-0.3, -0.25) is 4.79 Å². The zero-order valence-corrected chi connectivity index (χ0v) is 13.4. The Labute approximate surface area is 132 Å². The molecule has 1 heterocycles. The number of esters is 1. The number of carbonyl (C=O) groups is 1. The molecule has 0 unspecified atom stereocenters. The van der Waals surface area contributed by atoms with Gasteiger partial charge in [0.05, 0.1) is 25.7 Å². The van der Waals surface area contributed by atoms with Crippen molar-refractivity contribution in [2.24, 2.45) is 0 Å². The number of thiophene rings is 1. The number of ether oxygens (including phenoxy) is 2. The number of hydrogen-bond donors (Lipinski definition) is 1. The minimum atomic E-state index is -0.223. The number of methoxy groups -OCH3 is 2. The minimum absolute atomic E-state index is 0.223. The standard InChI is InChI=1S/C15H16ClNO3S/c1-19-14-7-10(3-6-13(14)16)17-9-12-5-4-11(21-12)8-15(18)20-2/h3-7,17H,8-9H2,1-2H3. The molecule has 6 heteroatoms. The highest BCUT2D eigenvalue weighted by Gasteiger charge is 2.07. The monoisotopic (exact) mass is 325 g/mol. The van der Waals surface area contributed by atoms with Crippen LogP contribution < -0.4 is 10.1 Å². The summed E-state index contributed by atoms with van der Waals surface area (Å²) in [6.07, 6.45) is 0.315. The average Bonchev–Trinajstić information content (AvgIpc) is 2.93. The minimum Gasteiger partial charge on any atom is -0.495 e. The van der Waals surface area contributed by atoms with Crippen LogP contribution in [0.2, 0.25) is 5.02 Å². The van der Waals surface area contributed by atoms with Crippen molar-refractivity contribution in [3.63, 3.8) is 0 Å². The maximum absolute atomic E-state index is 11.2. The lowest BCUT2D eigenvalue weighted by Crippen LogP contribution is -2.02. The van der Waals surface area contributed by atoms with Gasteiger partial charge in [-0.1, -0.05) is 11.6 Å². The lowest BCUT2D eigenvalue weighted by molar-refractivity contribution is -0.139. The molecule has 0 spiro atoms. The first-order valence-electron chi connectivity index (χ1n) is 6.34. The van der Waals surface area contributed by atoms with Crippen LogP contribution in [0.5, 0.6) is 5.75 Å². The van der Waals surface area contributed by atoms with Gasteiger partial charge in [-0.25, -0.2) is 0 Å². The van der Waals surface area contributed by atoms with Crippen molar-refractivity contribution in [2.75, 3.05) is 19.5 Å². The largest absolute Gasteiger partial charge is 0.495 e. The van der Waals surface area contributed by atoms with Gasteiger partial charge in [-0.2, -0.15) is 0 Å². The molecule has 0 fully saturated rings. The number of benzene rings is 1. The van der Waals surface area contributed by atoms with Crippen molar-refractivity contribution in [3.8, 4) is 5.75 Å². The van der Waals surface area contributed by atoms with E-state index in [2.05, 4.69) is 10.1 Å². The van der Waals surface area contributed by atoms with Crippen molar-refractivity contribution in [3.05, 3.63) is 45.1 Å². The highest BCUT2D eigenvalue weighted by atomic mass is 35.5. The van der Waals surface area contributed by atoms with Gasteiger partial charge in [0, 0.05) is 28.1 Å². The summed E-state index contributed by atoms with van der Waals surface area (Å²) in [6, 6.07) is 9.49. The zero-order chi connectivity index (χ0) is 15.2. The van der Waals surface area contributed by atoms with E-state index in [0.717, 1.165) is 15.4 Å². The molecule has 4 nitrogen and oxygen atoms in total. The van der Waals surface area contributed by atoms with Crippen molar-refractivity contribution in [1.29, 1.82) is 0 Å². The summed E-state index contributed by atoms with van der Waals surface area (Å²) in [5.41, 5.74) is 0.930. The molecule has 112 valence electrons. The van der Waals surface area contributed by atoms with Crippen LogP contribution in [0.1, 0.15) is 9.75 Å². The van der Waals surface area contributed by atoms with E-state index in [1.165, 1.54) is 7.11 Å². The Balaban J connectivity index is 1.95. The number of halogens is 1. The quantitative estimate of drug-likeness (QED) is 0.822. The lowest BCUT2D eigenvalue weighted by atomic mass is 10.3. The molecule has 0 atom stereocenters. The Morgan fingerprint density at radius 2 is 2.00 bits per heavy atom. The van der Waals surface area contributed by atoms with Crippen LogP contribution in [0.15, 0.2) is 30.3 Å². The molecule has 0 radical (unpaired) electrons. The third-order valence-corrected chi connectivity index (χ3v) is 4.28. The third kappa shape index (κ3) is 4.37.